The Kier molecular flexibility index (Phi) is 4.22. The third kappa shape index (κ3) is 3.25. The monoisotopic (exact) mass is 288 g/mol. The fraction of sp³-hybridized carbons (Fsp3) is 0.438. The standard InChI is InChI=1S/C16H20N2O3/c1-20-13-5-4-11-7-12(16(19)18-15(11)8-13)9-17-10-14-3-2-6-21-14/h4-5,7-8,14,17H,2-3,6,9-10H2,1H3,(H,18,19)/t14-/m0/s1. The Morgan fingerprint density at radius 2 is 2.33 bits per heavy atom. The van der Waals surface area contributed by atoms with Crippen LogP contribution in [0.4, 0.5) is 0 Å². The van der Waals surface area contributed by atoms with E-state index in [1.807, 2.05) is 24.3 Å². The molecule has 3 rings (SSSR count). The van der Waals surface area contributed by atoms with E-state index in [1.165, 1.54) is 0 Å². The van der Waals surface area contributed by atoms with Gasteiger partial charge in [-0.1, -0.05) is 0 Å². The molecule has 0 bridgehead atoms. The summed E-state index contributed by atoms with van der Waals surface area (Å²) in [7, 11) is 1.61. The van der Waals surface area contributed by atoms with Gasteiger partial charge >= 0.3 is 0 Å². The number of ether oxygens (including phenoxy) is 2. The Morgan fingerprint density at radius 1 is 1.43 bits per heavy atom. The molecule has 2 heterocycles. The van der Waals surface area contributed by atoms with E-state index >= 15 is 0 Å². The Labute approximate surface area is 123 Å². The first kappa shape index (κ1) is 14.1. The van der Waals surface area contributed by atoms with Gasteiger partial charge < -0.3 is 19.8 Å². The van der Waals surface area contributed by atoms with Gasteiger partial charge in [0.2, 0.25) is 0 Å². The van der Waals surface area contributed by atoms with Gasteiger partial charge in [0.05, 0.1) is 18.7 Å². The van der Waals surface area contributed by atoms with Crippen LogP contribution in [0.25, 0.3) is 10.9 Å². The highest BCUT2D eigenvalue weighted by Gasteiger charge is 2.14. The maximum Gasteiger partial charge on any atom is 0.252 e. The number of aromatic amines is 1. The van der Waals surface area contributed by atoms with Crippen LogP contribution in [0.15, 0.2) is 29.1 Å². The van der Waals surface area contributed by atoms with Crippen molar-refractivity contribution in [2.45, 2.75) is 25.5 Å². The second kappa shape index (κ2) is 6.28. The molecule has 112 valence electrons. The van der Waals surface area contributed by atoms with Gasteiger partial charge in [-0.3, -0.25) is 4.79 Å². The highest BCUT2D eigenvalue weighted by molar-refractivity contribution is 5.80. The first-order valence-corrected chi connectivity index (χ1v) is 7.28. The summed E-state index contributed by atoms with van der Waals surface area (Å²) in [6.07, 6.45) is 2.51. The Bertz CT molecular complexity index is 675. The zero-order valence-corrected chi connectivity index (χ0v) is 12.1. The van der Waals surface area contributed by atoms with Crippen LogP contribution in [-0.4, -0.2) is 31.3 Å². The van der Waals surface area contributed by atoms with Crippen molar-refractivity contribution in [3.05, 3.63) is 40.2 Å². The summed E-state index contributed by atoms with van der Waals surface area (Å²) >= 11 is 0. The van der Waals surface area contributed by atoms with Crippen LogP contribution >= 0.6 is 0 Å². The van der Waals surface area contributed by atoms with Gasteiger partial charge in [-0.25, -0.2) is 0 Å². The van der Waals surface area contributed by atoms with Crippen LogP contribution in [0.3, 0.4) is 0 Å². The molecule has 1 atom stereocenters. The Hall–Kier alpha value is -1.85. The van der Waals surface area contributed by atoms with Gasteiger partial charge in [-0.05, 0) is 36.4 Å². The molecule has 0 radical (unpaired) electrons. The van der Waals surface area contributed by atoms with Crippen LogP contribution in [0.1, 0.15) is 18.4 Å². The number of nitrogens with one attached hydrogen (secondary N) is 2. The fourth-order valence-corrected chi connectivity index (χ4v) is 2.66. The largest absolute Gasteiger partial charge is 0.497 e. The summed E-state index contributed by atoms with van der Waals surface area (Å²) in [5.41, 5.74) is 1.48. The number of methoxy groups -OCH3 is 1. The number of hydrogen-bond donors (Lipinski definition) is 2. The number of H-pyrrole nitrogens is 1. The van der Waals surface area contributed by atoms with Crippen LogP contribution in [0, 0.1) is 0 Å². The predicted molar refractivity (Wildman–Crippen MR) is 81.8 cm³/mol. The molecule has 1 aromatic heterocycles. The van der Waals surface area contributed by atoms with Gasteiger partial charge in [0, 0.05) is 31.3 Å². The molecular formula is C16H20N2O3. The summed E-state index contributed by atoms with van der Waals surface area (Å²) in [6, 6.07) is 7.61. The predicted octanol–water partition coefficient (Wildman–Crippen LogP) is 1.81. The molecule has 0 saturated carbocycles. The summed E-state index contributed by atoms with van der Waals surface area (Å²) in [5, 5.41) is 4.31. The molecule has 1 aliphatic heterocycles. The van der Waals surface area contributed by atoms with E-state index in [1.54, 1.807) is 7.11 Å². The van der Waals surface area contributed by atoms with E-state index in [0.29, 0.717) is 6.54 Å². The number of benzene rings is 1. The van der Waals surface area contributed by atoms with Crippen molar-refractivity contribution in [2.75, 3.05) is 20.3 Å². The Morgan fingerprint density at radius 3 is 3.10 bits per heavy atom. The van der Waals surface area contributed by atoms with Gasteiger partial charge in [-0.15, -0.1) is 0 Å². The van der Waals surface area contributed by atoms with Crippen molar-refractivity contribution in [3.8, 4) is 5.75 Å². The van der Waals surface area contributed by atoms with E-state index < -0.39 is 0 Å². The summed E-state index contributed by atoms with van der Waals surface area (Å²) < 4.78 is 10.7. The fourth-order valence-electron chi connectivity index (χ4n) is 2.66. The molecule has 21 heavy (non-hydrogen) atoms. The minimum absolute atomic E-state index is 0.0596. The van der Waals surface area contributed by atoms with E-state index in [-0.39, 0.29) is 11.7 Å². The number of fused-ring (bicyclic) bond motifs is 1. The van der Waals surface area contributed by atoms with E-state index in [9.17, 15) is 4.79 Å². The quantitative estimate of drug-likeness (QED) is 0.880. The molecule has 0 unspecified atom stereocenters. The van der Waals surface area contributed by atoms with E-state index in [2.05, 4.69) is 10.3 Å². The zero-order chi connectivity index (χ0) is 14.7. The minimum atomic E-state index is -0.0596. The summed E-state index contributed by atoms with van der Waals surface area (Å²) in [5.74, 6) is 0.738. The molecule has 1 saturated heterocycles. The normalized spacial score (nSPS) is 18.2. The third-order valence-electron chi connectivity index (χ3n) is 3.84. The lowest BCUT2D eigenvalue weighted by Crippen LogP contribution is -2.28. The van der Waals surface area contributed by atoms with Crippen LogP contribution in [0.5, 0.6) is 5.75 Å². The summed E-state index contributed by atoms with van der Waals surface area (Å²) in [4.78, 5) is 15.0. The number of pyridine rings is 1. The third-order valence-corrected chi connectivity index (χ3v) is 3.84. The van der Waals surface area contributed by atoms with Crippen LogP contribution in [0.2, 0.25) is 0 Å². The van der Waals surface area contributed by atoms with Gasteiger partial charge in [-0.2, -0.15) is 0 Å². The molecule has 0 amide bonds. The van der Waals surface area contributed by atoms with E-state index in [0.717, 1.165) is 48.2 Å². The Balaban J connectivity index is 1.72. The van der Waals surface area contributed by atoms with Crippen molar-refractivity contribution in [1.29, 1.82) is 0 Å². The van der Waals surface area contributed by atoms with E-state index in [4.69, 9.17) is 9.47 Å². The van der Waals surface area contributed by atoms with Crippen molar-refractivity contribution >= 4 is 10.9 Å². The summed E-state index contributed by atoms with van der Waals surface area (Å²) in [6.45, 7) is 2.20. The molecule has 1 fully saturated rings. The second-order valence-corrected chi connectivity index (χ2v) is 5.34. The highest BCUT2D eigenvalue weighted by Crippen LogP contribution is 2.18. The van der Waals surface area contributed by atoms with Crippen LogP contribution < -0.4 is 15.6 Å². The molecule has 2 N–H and O–H groups in total. The lowest BCUT2D eigenvalue weighted by Gasteiger charge is -2.11. The maximum absolute atomic E-state index is 12.1. The smallest absolute Gasteiger partial charge is 0.252 e. The number of aromatic nitrogens is 1. The topological polar surface area (TPSA) is 63.4 Å². The maximum atomic E-state index is 12.1. The first-order chi connectivity index (χ1) is 10.3. The molecule has 5 heteroatoms. The molecule has 2 aromatic rings. The van der Waals surface area contributed by atoms with Crippen molar-refractivity contribution < 1.29 is 9.47 Å². The van der Waals surface area contributed by atoms with Gasteiger partial charge in [0.1, 0.15) is 5.75 Å². The average molecular weight is 288 g/mol. The van der Waals surface area contributed by atoms with Crippen molar-refractivity contribution in [3.63, 3.8) is 0 Å². The van der Waals surface area contributed by atoms with Crippen LogP contribution in [-0.2, 0) is 11.3 Å². The molecule has 0 spiro atoms. The molecule has 1 aromatic carbocycles. The minimum Gasteiger partial charge on any atom is -0.497 e. The number of rotatable bonds is 5. The molecular weight excluding hydrogens is 268 g/mol. The highest BCUT2D eigenvalue weighted by atomic mass is 16.5. The lowest BCUT2D eigenvalue weighted by molar-refractivity contribution is 0.110. The number of hydrogen-bond acceptors (Lipinski definition) is 4. The lowest BCUT2D eigenvalue weighted by atomic mass is 10.1. The van der Waals surface area contributed by atoms with Crippen molar-refractivity contribution in [2.24, 2.45) is 0 Å². The second-order valence-electron chi connectivity index (χ2n) is 5.34. The van der Waals surface area contributed by atoms with Crippen molar-refractivity contribution in [1.82, 2.24) is 10.3 Å². The van der Waals surface area contributed by atoms with Gasteiger partial charge in [0.15, 0.2) is 0 Å². The molecule has 5 nitrogen and oxygen atoms in total. The molecule has 0 aliphatic carbocycles. The zero-order valence-electron chi connectivity index (χ0n) is 12.1. The molecule has 1 aliphatic rings. The van der Waals surface area contributed by atoms with Gasteiger partial charge in [0.25, 0.3) is 5.56 Å². The first-order valence-electron chi connectivity index (χ1n) is 7.28. The average Bonchev–Trinajstić information content (AvgIpc) is 3.00. The SMILES string of the molecule is COc1ccc2cc(CNC[C@@H]3CCCO3)c(=O)[nH]c2c1.